The Balaban J connectivity index is 0.00000363. The summed E-state index contributed by atoms with van der Waals surface area (Å²) in [6, 6.07) is 16.6. The molecule has 7 heteroatoms. The molecule has 3 rings (SSSR count). The van der Waals surface area contributed by atoms with E-state index in [-0.39, 0.29) is 35.9 Å². The van der Waals surface area contributed by atoms with Crippen molar-refractivity contribution in [1.29, 1.82) is 0 Å². The van der Waals surface area contributed by atoms with E-state index in [0.717, 1.165) is 31.2 Å². The van der Waals surface area contributed by atoms with Crippen molar-refractivity contribution < 1.29 is 4.79 Å². The molecule has 174 valence electrons. The molecule has 0 bridgehead atoms. The highest BCUT2D eigenvalue weighted by molar-refractivity contribution is 14.0. The number of nitrogens with zero attached hydrogens (tertiary/aromatic N) is 3. The van der Waals surface area contributed by atoms with Crippen molar-refractivity contribution in [3.8, 4) is 0 Å². The largest absolute Gasteiger partial charge is 0.372 e. The third-order valence-corrected chi connectivity index (χ3v) is 5.57. The molecular formula is C25H36IN5O. The first kappa shape index (κ1) is 26.0. The second-order valence-electron chi connectivity index (χ2n) is 8.25. The van der Waals surface area contributed by atoms with Gasteiger partial charge in [0.05, 0.1) is 12.6 Å². The zero-order valence-electron chi connectivity index (χ0n) is 19.6. The minimum absolute atomic E-state index is 0. The Labute approximate surface area is 209 Å². The maximum atomic E-state index is 12.0. The summed E-state index contributed by atoms with van der Waals surface area (Å²) in [6.45, 7) is 7.87. The number of anilines is 1. The van der Waals surface area contributed by atoms with Crippen LogP contribution >= 0.6 is 24.0 Å². The SMILES string of the molecule is CCNC(=NCc1ccc(C(=O)N(C)C)cc1)NC(C)c1cccc(N2CCCC2)c1.I. The van der Waals surface area contributed by atoms with Gasteiger partial charge in [-0.05, 0) is 62.1 Å². The standard InChI is InChI=1S/C25H35N5O.HI/c1-5-26-25(27-18-20-11-13-21(14-12-20)24(31)29(3)4)28-19(2)22-9-8-10-23(17-22)30-15-6-7-16-30;/h8-14,17,19H,5-7,15-16,18H2,1-4H3,(H2,26,27,28);1H. The van der Waals surface area contributed by atoms with Crippen LogP contribution in [-0.2, 0) is 6.54 Å². The van der Waals surface area contributed by atoms with Gasteiger partial charge in [-0.3, -0.25) is 4.79 Å². The van der Waals surface area contributed by atoms with E-state index in [1.165, 1.54) is 24.1 Å². The van der Waals surface area contributed by atoms with Crippen LogP contribution in [0, 0.1) is 0 Å². The number of aliphatic imine (C=N–C) groups is 1. The lowest BCUT2D eigenvalue weighted by molar-refractivity contribution is 0.0827. The highest BCUT2D eigenvalue weighted by Crippen LogP contribution is 2.24. The highest BCUT2D eigenvalue weighted by Gasteiger charge is 2.14. The van der Waals surface area contributed by atoms with Crippen molar-refractivity contribution in [1.82, 2.24) is 15.5 Å². The monoisotopic (exact) mass is 549 g/mol. The summed E-state index contributed by atoms with van der Waals surface area (Å²) in [7, 11) is 3.52. The molecule has 1 amide bonds. The number of guanidine groups is 1. The molecule has 0 saturated carbocycles. The van der Waals surface area contributed by atoms with Crippen LogP contribution in [0.2, 0.25) is 0 Å². The molecule has 2 aromatic rings. The van der Waals surface area contributed by atoms with E-state index in [0.29, 0.717) is 12.1 Å². The summed E-state index contributed by atoms with van der Waals surface area (Å²) in [5.41, 5.74) is 4.31. The van der Waals surface area contributed by atoms with Crippen LogP contribution in [0.4, 0.5) is 5.69 Å². The van der Waals surface area contributed by atoms with E-state index in [4.69, 9.17) is 4.99 Å². The number of rotatable bonds is 7. The summed E-state index contributed by atoms with van der Waals surface area (Å²) in [5.74, 6) is 0.796. The van der Waals surface area contributed by atoms with Gasteiger partial charge in [-0.15, -0.1) is 24.0 Å². The summed E-state index contributed by atoms with van der Waals surface area (Å²) in [4.78, 5) is 20.8. The quantitative estimate of drug-likeness (QED) is 0.305. The van der Waals surface area contributed by atoms with Gasteiger partial charge in [-0.25, -0.2) is 4.99 Å². The molecule has 1 atom stereocenters. The van der Waals surface area contributed by atoms with Crippen LogP contribution in [0.5, 0.6) is 0 Å². The number of benzene rings is 2. The van der Waals surface area contributed by atoms with Gasteiger partial charge < -0.3 is 20.4 Å². The number of amides is 1. The van der Waals surface area contributed by atoms with Crippen molar-refractivity contribution in [2.24, 2.45) is 4.99 Å². The number of carbonyl (C=O) groups excluding carboxylic acids is 1. The summed E-state index contributed by atoms with van der Waals surface area (Å²) < 4.78 is 0. The molecule has 0 spiro atoms. The minimum Gasteiger partial charge on any atom is -0.372 e. The van der Waals surface area contributed by atoms with Crippen molar-refractivity contribution in [2.45, 2.75) is 39.3 Å². The van der Waals surface area contributed by atoms with E-state index in [2.05, 4.69) is 53.6 Å². The second kappa shape index (κ2) is 12.7. The van der Waals surface area contributed by atoms with Crippen LogP contribution in [-0.4, -0.2) is 50.5 Å². The topological polar surface area (TPSA) is 60.0 Å². The number of hydrogen-bond acceptors (Lipinski definition) is 3. The number of hydrogen-bond donors (Lipinski definition) is 2. The molecule has 6 nitrogen and oxygen atoms in total. The Kier molecular flexibility index (Phi) is 10.3. The summed E-state index contributed by atoms with van der Waals surface area (Å²) in [6.07, 6.45) is 2.55. The average Bonchev–Trinajstić information content (AvgIpc) is 3.32. The molecule has 1 heterocycles. The fourth-order valence-electron chi connectivity index (χ4n) is 3.76. The normalized spacial score (nSPS) is 14.5. The zero-order valence-corrected chi connectivity index (χ0v) is 21.9. The summed E-state index contributed by atoms with van der Waals surface area (Å²) >= 11 is 0. The van der Waals surface area contributed by atoms with Crippen molar-refractivity contribution in [3.05, 3.63) is 65.2 Å². The fraction of sp³-hybridized carbons (Fsp3) is 0.440. The van der Waals surface area contributed by atoms with E-state index in [1.807, 2.05) is 24.3 Å². The lowest BCUT2D eigenvalue weighted by atomic mass is 10.1. The first-order chi connectivity index (χ1) is 15.0. The van der Waals surface area contributed by atoms with Gasteiger partial charge in [0.1, 0.15) is 0 Å². The molecule has 0 aliphatic carbocycles. The van der Waals surface area contributed by atoms with E-state index in [9.17, 15) is 4.79 Å². The van der Waals surface area contributed by atoms with Gasteiger partial charge in [-0.2, -0.15) is 0 Å². The first-order valence-corrected chi connectivity index (χ1v) is 11.2. The Morgan fingerprint density at radius 1 is 1.12 bits per heavy atom. The summed E-state index contributed by atoms with van der Waals surface area (Å²) in [5, 5.41) is 6.86. The Hall–Kier alpha value is -2.29. The second-order valence-corrected chi connectivity index (χ2v) is 8.25. The van der Waals surface area contributed by atoms with Crippen LogP contribution in [0.3, 0.4) is 0 Å². The highest BCUT2D eigenvalue weighted by atomic mass is 127. The molecule has 1 fully saturated rings. The van der Waals surface area contributed by atoms with Crippen LogP contribution in [0.1, 0.15) is 54.2 Å². The number of halogens is 1. The van der Waals surface area contributed by atoms with Gasteiger partial charge in [-0.1, -0.05) is 24.3 Å². The zero-order chi connectivity index (χ0) is 22.2. The number of nitrogens with one attached hydrogen (secondary N) is 2. The fourth-order valence-corrected chi connectivity index (χ4v) is 3.76. The van der Waals surface area contributed by atoms with Crippen LogP contribution < -0.4 is 15.5 Å². The molecule has 1 unspecified atom stereocenters. The van der Waals surface area contributed by atoms with E-state index < -0.39 is 0 Å². The Morgan fingerprint density at radius 3 is 2.44 bits per heavy atom. The van der Waals surface area contributed by atoms with Crippen LogP contribution in [0.15, 0.2) is 53.5 Å². The molecule has 1 aliphatic rings. The van der Waals surface area contributed by atoms with Crippen molar-refractivity contribution >= 4 is 41.5 Å². The van der Waals surface area contributed by atoms with Crippen molar-refractivity contribution in [2.75, 3.05) is 38.6 Å². The van der Waals surface area contributed by atoms with Gasteiger partial charge in [0, 0.05) is 45.0 Å². The minimum atomic E-state index is 0. The molecule has 0 radical (unpaired) electrons. The molecule has 2 aromatic carbocycles. The smallest absolute Gasteiger partial charge is 0.253 e. The van der Waals surface area contributed by atoms with E-state index >= 15 is 0 Å². The predicted octanol–water partition coefficient (Wildman–Crippen LogP) is 4.42. The third kappa shape index (κ3) is 7.12. The Morgan fingerprint density at radius 2 is 1.81 bits per heavy atom. The molecule has 0 aromatic heterocycles. The van der Waals surface area contributed by atoms with Gasteiger partial charge in [0.2, 0.25) is 0 Å². The predicted molar refractivity (Wildman–Crippen MR) is 144 cm³/mol. The molecule has 1 aliphatic heterocycles. The third-order valence-electron chi connectivity index (χ3n) is 5.57. The molecule has 2 N–H and O–H groups in total. The molecule has 1 saturated heterocycles. The Bertz CT molecular complexity index is 891. The average molecular weight is 550 g/mol. The number of carbonyl (C=O) groups is 1. The lowest BCUT2D eigenvalue weighted by Crippen LogP contribution is -2.38. The van der Waals surface area contributed by atoms with Crippen LogP contribution in [0.25, 0.3) is 0 Å². The molecular weight excluding hydrogens is 513 g/mol. The lowest BCUT2D eigenvalue weighted by Gasteiger charge is -2.22. The van der Waals surface area contributed by atoms with E-state index in [1.54, 1.807) is 19.0 Å². The molecule has 32 heavy (non-hydrogen) atoms. The van der Waals surface area contributed by atoms with Gasteiger partial charge in [0.15, 0.2) is 5.96 Å². The first-order valence-electron chi connectivity index (χ1n) is 11.2. The maximum Gasteiger partial charge on any atom is 0.253 e. The van der Waals surface area contributed by atoms with Gasteiger partial charge >= 0.3 is 0 Å². The van der Waals surface area contributed by atoms with Gasteiger partial charge in [0.25, 0.3) is 5.91 Å². The maximum absolute atomic E-state index is 12.0. The van der Waals surface area contributed by atoms with Crippen molar-refractivity contribution in [3.63, 3.8) is 0 Å².